The second-order valence-corrected chi connectivity index (χ2v) is 5.41. The molecule has 0 unspecified atom stereocenters. The first kappa shape index (κ1) is 11.8. The zero-order valence-corrected chi connectivity index (χ0v) is 10.5. The molecule has 1 saturated heterocycles. The molecule has 0 aliphatic carbocycles. The Morgan fingerprint density at radius 2 is 1.94 bits per heavy atom. The van der Waals surface area contributed by atoms with E-state index in [1.807, 2.05) is 0 Å². The van der Waals surface area contributed by atoms with Crippen LogP contribution in [0.25, 0.3) is 0 Å². The molecule has 0 aromatic carbocycles. The van der Waals surface area contributed by atoms with Gasteiger partial charge in [-0.05, 0) is 20.8 Å². The molecule has 92 valence electrons. The second-order valence-electron chi connectivity index (χ2n) is 5.41. The molecule has 0 aromatic rings. The van der Waals surface area contributed by atoms with Crippen LogP contribution < -0.4 is 5.48 Å². The molecule has 0 aromatic heterocycles. The largest absolute Gasteiger partial charge is 0.296 e. The standard InChI is InChI=1S/C11H22N4O/c1-11(2,3)15-6-4-14(5-7-15)8-10-12-9-16-13-10/h4-9H2,1-3H3,(H,12,13). The highest BCUT2D eigenvalue weighted by molar-refractivity contribution is 5.83. The Morgan fingerprint density at radius 3 is 2.44 bits per heavy atom. The Morgan fingerprint density at radius 1 is 1.25 bits per heavy atom. The van der Waals surface area contributed by atoms with Crippen molar-refractivity contribution in [2.24, 2.45) is 4.99 Å². The SMILES string of the molecule is CC(C)(C)N1CCN(CC2=NCON2)CC1. The van der Waals surface area contributed by atoms with Crippen LogP contribution in [0.2, 0.25) is 0 Å². The van der Waals surface area contributed by atoms with E-state index in [1.165, 1.54) is 0 Å². The smallest absolute Gasteiger partial charge is 0.166 e. The zero-order chi connectivity index (χ0) is 11.6. The number of hydrogen-bond donors (Lipinski definition) is 1. The predicted octanol–water partition coefficient (Wildman–Crippen LogP) is 0.293. The lowest BCUT2D eigenvalue weighted by atomic mass is 10.1. The number of nitrogens with one attached hydrogen (secondary N) is 1. The molecule has 0 atom stereocenters. The van der Waals surface area contributed by atoms with Crippen LogP contribution in [0.3, 0.4) is 0 Å². The van der Waals surface area contributed by atoms with Gasteiger partial charge in [0.25, 0.3) is 0 Å². The van der Waals surface area contributed by atoms with E-state index in [0.29, 0.717) is 12.3 Å². The minimum Gasteiger partial charge on any atom is -0.296 e. The quantitative estimate of drug-likeness (QED) is 0.735. The van der Waals surface area contributed by atoms with Crippen molar-refractivity contribution in [1.29, 1.82) is 0 Å². The third-order valence-electron chi connectivity index (χ3n) is 3.20. The summed E-state index contributed by atoms with van der Waals surface area (Å²) in [7, 11) is 0. The third-order valence-corrected chi connectivity index (χ3v) is 3.20. The van der Waals surface area contributed by atoms with Crippen LogP contribution in [-0.4, -0.2) is 60.6 Å². The molecule has 2 aliphatic heterocycles. The van der Waals surface area contributed by atoms with Gasteiger partial charge in [-0.1, -0.05) is 0 Å². The van der Waals surface area contributed by atoms with Gasteiger partial charge in [-0.15, -0.1) is 0 Å². The molecule has 2 rings (SSSR count). The molecule has 2 heterocycles. The van der Waals surface area contributed by atoms with Crippen molar-refractivity contribution in [2.45, 2.75) is 26.3 Å². The molecule has 0 amide bonds. The van der Waals surface area contributed by atoms with Crippen LogP contribution in [0.1, 0.15) is 20.8 Å². The van der Waals surface area contributed by atoms with Crippen molar-refractivity contribution in [3.8, 4) is 0 Å². The third kappa shape index (κ3) is 2.93. The maximum absolute atomic E-state index is 4.98. The maximum Gasteiger partial charge on any atom is 0.166 e. The lowest BCUT2D eigenvalue weighted by Crippen LogP contribution is -2.54. The first-order chi connectivity index (χ1) is 7.55. The Bertz CT molecular complexity index is 264. The van der Waals surface area contributed by atoms with Crippen molar-refractivity contribution in [2.75, 3.05) is 39.5 Å². The van der Waals surface area contributed by atoms with E-state index in [1.54, 1.807) is 0 Å². The van der Waals surface area contributed by atoms with Crippen molar-refractivity contribution in [1.82, 2.24) is 15.3 Å². The summed E-state index contributed by atoms with van der Waals surface area (Å²) in [5.74, 6) is 0.962. The summed E-state index contributed by atoms with van der Waals surface area (Å²) in [5.41, 5.74) is 3.13. The zero-order valence-electron chi connectivity index (χ0n) is 10.5. The Balaban J connectivity index is 1.77. The lowest BCUT2D eigenvalue weighted by Gasteiger charge is -2.42. The molecule has 1 N–H and O–H groups in total. The fraction of sp³-hybridized carbons (Fsp3) is 0.909. The first-order valence-corrected chi connectivity index (χ1v) is 5.94. The number of hydroxylamine groups is 1. The monoisotopic (exact) mass is 226 g/mol. The van der Waals surface area contributed by atoms with Crippen molar-refractivity contribution >= 4 is 5.84 Å². The van der Waals surface area contributed by atoms with Crippen LogP contribution >= 0.6 is 0 Å². The van der Waals surface area contributed by atoms with Gasteiger partial charge in [0.05, 0.1) is 6.54 Å². The van der Waals surface area contributed by atoms with Crippen LogP contribution in [-0.2, 0) is 4.84 Å². The van der Waals surface area contributed by atoms with Gasteiger partial charge in [0.15, 0.2) is 6.73 Å². The minimum atomic E-state index is 0.290. The first-order valence-electron chi connectivity index (χ1n) is 5.94. The van der Waals surface area contributed by atoms with Crippen LogP contribution in [0.4, 0.5) is 0 Å². The summed E-state index contributed by atoms with van der Waals surface area (Å²) in [5, 5.41) is 0. The number of amidine groups is 1. The van der Waals surface area contributed by atoms with E-state index >= 15 is 0 Å². The molecular weight excluding hydrogens is 204 g/mol. The highest BCUT2D eigenvalue weighted by Gasteiger charge is 2.26. The van der Waals surface area contributed by atoms with E-state index in [4.69, 9.17) is 4.84 Å². The molecule has 5 nitrogen and oxygen atoms in total. The van der Waals surface area contributed by atoms with E-state index in [9.17, 15) is 0 Å². The molecule has 5 heteroatoms. The van der Waals surface area contributed by atoms with E-state index in [2.05, 4.69) is 41.0 Å². The van der Waals surface area contributed by atoms with Gasteiger partial charge >= 0.3 is 0 Å². The molecular formula is C11H22N4O. The molecule has 0 radical (unpaired) electrons. The topological polar surface area (TPSA) is 40.1 Å². The Labute approximate surface area is 97.4 Å². The Hall–Kier alpha value is -0.650. The summed E-state index contributed by atoms with van der Waals surface area (Å²) >= 11 is 0. The van der Waals surface area contributed by atoms with Crippen molar-refractivity contribution in [3.63, 3.8) is 0 Å². The van der Waals surface area contributed by atoms with E-state index < -0.39 is 0 Å². The number of piperazine rings is 1. The second kappa shape index (κ2) is 4.69. The van der Waals surface area contributed by atoms with Gasteiger partial charge in [-0.25, -0.2) is 10.5 Å². The van der Waals surface area contributed by atoms with Gasteiger partial charge < -0.3 is 0 Å². The highest BCUT2D eigenvalue weighted by atomic mass is 16.7. The fourth-order valence-corrected chi connectivity index (χ4v) is 2.13. The number of hydrogen-bond acceptors (Lipinski definition) is 5. The van der Waals surface area contributed by atoms with Gasteiger partial charge in [0.2, 0.25) is 0 Å². The van der Waals surface area contributed by atoms with Gasteiger partial charge in [-0.2, -0.15) is 0 Å². The number of rotatable bonds is 2. The highest BCUT2D eigenvalue weighted by Crippen LogP contribution is 2.15. The molecule has 0 spiro atoms. The molecule has 0 bridgehead atoms. The number of aliphatic imine (C=N–C) groups is 1. The van der Waals surface area contributed by atoms with Gasteiger partial charge in [-0.3, -0.25) is 14.6 Å². The molecule has 0 saturated carbocycles. The summed E-state index contributed by atoms with van der Waals surface area (Å²) in [6.07, 6.45) is 0. The van der Waals surface area contributed by atoms with E-state index in [0.717, 1.165) is 38.6 Å². The summed E-state index contributed by atoms with van der Waals surface area (Å²) in [4.78, 5) is 14.2. The van der Waals surface area contributed by atoms with Crippen molar-refractivity contribution in [3.05, 3.63) is 0 Å². The fourth-order valence-electron chi connectivity index (χ4n) is 2.13. The minimum absolute atomic E-state index is 0.290. The van der Waals surface area contributed by atoms with Crippen LogP contribution in [0, 0.1) is 0 Å². The van der Waals surface area contributed by atoms with E-state index in [-0.39, 0.29) is 0 Å². The maximum atomic E-state index is 4.98. The van der Waals surface area contributed by atoms with Crippen LogP contribution in [0.5, 0.6) is 0 Å². The summed E-state index contributed by atoms with van der Waals surface area (Å²) in [6, 6.07) is 0. The Kier molecular flexibility index (Phi) is 3.47. The molecule has 16 heavy (non-hydrogen) atoms. The van der Waals surface area contributed by atoms with Gasteiger partial charge in [0.1, 0.15) is 5.84 Å². The predicted molar refractivity (Wildman–Crippen MR) is 64.3 cm³/mol. The molecule has 1 fully saturated rings. The van der Waals surface area contributed by atoms with Crippen molar-refractivity contribution < 1.29 is 4.84 Å². The van der Waals surface area contributed by atoms with Gasteiger partial charge in [0, 0.05) is 31.7 Å². The summed E-state index contributed by atoms with van der Waals surface area (Å²) < 4.78 is 0. The lowest BCUT2D eigenvalue weighted by molar-refractivity contribution is 0.0669. The molecule has 2 aliphatic rings. The average Bonchev–Trinajstić information content (AvgIpc) is 2.70. The normalized spacial score (nSPS) is 24.3. The van der Waals surface area contributed by atoms with Crippen LogP contribution in [0.15, 0.2) is 4.99 Å². The number of nitrogens with zero attached hydrogens (tertiary/aromatic N) is 3. The average molecular weight is 226 g/mol. The summed E-state index contributed by atoms with van der Waals surface area (Å²) in [6.45, 7) is 12.7.